The summed E-state index contributed by atoms with van der Waals surface area (Å²) in [4.78, 5) is 14.9. The number of nitrogens with zero attached hydrogens (tertiary/aromatic N) is 1. The van der Waals surface area contributed by atoms with Crippen molar-refractivity contribution in [3.8, 4) is 0 Å². The minimum Gasteiger partial charge on any atom is -0.384 e. The van der Waals surface area contributed by atoms with E-state index < -0.39 is 17.3 Å². The predicted octanol–water partition coefficient (Wildman–Crippen LogP) is 6.79. The topological polar surface area (TPSA) is 41.6 Å². The van der Waals surface area contributed by atoms with E-state index in [1.807, 2.05) is 20.0 Å². The molecule has 0 saturated heterocycles. The molecule has 1 aliphatic carbocycles. The quantitative estimate of drug-likeness (QED) is 0.458. The fourth-order valence-electron chi connectivity index (χ4n) is 4.94. The molecule has 33 heavy (non-hydrogen) atoms. The molecule has 7 heteroatoms. The largest absolute Gasteiger partial charge is 0.416 e. The number of hydrogen-bond acceptors (Lipinski definition) is 2. The van der Waals surface area contributed by atoms with E-state index in [9.17, 15) is 18.0 Å². The lowest BCUT2D eigenvalue weighted by molar-refractivity contribution is -0.138. The van der Waals surface area contributed by atoms with Crippen molar-refractivity contribution in [2.45, 2.75) is 89.9 Å². The number of aryl methyl sites for hydroxylation is 1. The summed E-state index contributed by atoms with van der Waals surface area (Å²) in [6.45, 7) is 6.23. The van der Waals surface area contributed by atoms with Crippen molar-refractivity contribution in [1.29, 1.82) is 0 Å². The molecule has 1 atom stereocenters. The third kappa shape index (κ3) is 5.92. The van der Waals surface area contributed by atoms with Crippen LogP contribution >= 0.6 is 0 Å². The summed E-state index contributed by atoms with van der Waals surface area (Å²) >= 11 is 0. The van der Waals surface area contributed by atoms with E-state index in [1.165, 1.54) is 12.5 Å². The molecule has 184 valence electrons. The summed E-state index contributed by atoms with van der Waals surface area (Å²) in [6, 6.07) is 4.43. The number of methoxy groups -OCH3 is 1. The maximum absolute atomic E-state index is 14.0. The zero-order valence-corrected chi connectivity index (χ0v) is 20.2. The summed E-state index contributed by atoms with van der Waals surface area (Å²) in [5.74, 6) is 0.315. The molecule has 1 N–H and O–H groups in total. The highest BCUT2D eigenvalue weighted by Crippen LogP contribution is 2.40. The van der Waals surface area contributed by atoms with Crippen LogP contribution in [0.1, 0.15) is 82.4 Å². The molecule has 0 aromatic heterocycles. The average Bonchev–Trinajstić information content (AvgIpc) is 2.77. The Morgan fingerprint density at radius 3 is 2.48 bits per heavy atom. The van der Waals surface area contributed by atoms with E-state index >= 15 is 0 Å². The molecule has 0 unspecified atom stereocenters. The monoisotopic (exact) mass is 466 g/mol. The van der Waals surface area contributed by atoms with Gasteiger partial charge in [0.1, 0.15) is 0 Å². The molecule has 1 heterocycles. The highest BCUT2D eigenvalue weighted by molar-refractivity contribution is 5.79. The molecule has 1 fully saturated rings. The molecule has 0 radical (unpaired) electrons. The van der Waals surface area contributed by atoms with Crippen molar-refractivity contribution in [2.75, 3.05) is 13.7 Å². The number of amides is 2. The van der Waals surface area contributed by atoms with Crippen LogP contribution in [0.25, 0.3) is 0 Å². The van der Waals surface area contributed by atoms with Gasteiger partial charge >= 0.3 is 12.2 Å². The first kappa shape index (κ1) is 25.6. The second-order valence-electron chi connectivity index (χ2n) is 9.95. The molecule has 1 aliphatic heterocycles. The standard InChI is InChI=1S/C26H37F3N2O2/c1-18(2)10-11-19-12-13-20(16-23(19)26(27,28)29)25(3)21(14-15-33-4)17-31(24(32)30-25)22-8-6-5-7-9-22/h12-13,16-18,22H,5-11,14-15H2,1-4H3,(H,30,32)/t25-/m0/s1. The van der Waals surface area contributed by atoms with Crippen molar-refractivity contribution in [2.24, 2.45) is 5.92 Å². The summed E-state index contributed by atoms with van der Waals surface area (Å²) < 4.78 is 47.3. The van der Waals surface area contributed by atoms with Crippen LogP contribution in [0.15, 0.2) is 30.0 Å². The Labute approximate surface area is 195 Å². The summed E-state index contributed by atoms with van der Waals surface area (Å²) in [5.41, 5.74) is -0.0364. The second kappa shape index (κ2) is 10.5. The van der Waals surface area contributed by atoms with Crippen LogP contribution in [0.5, 0.6) is 0 Å². The van der Waals surface area contributed by atoms with Gasteiger partial charge in [-0.1, -0.05) is 45.2 Å². The third-order valence-corrected chi connectivity index (χ3v) is 7.06. The van der Waals surface area contributed by atoms with Crippen LogP contribution in [0, 0.1) is 5.92 Å². The van der Waals surface area contributed by atoms with Gasteiger partial charge in [0, 0.05) is 19.4 Å². The molecule has 0 bridgehead atoms. The minimum atomic E-state index is -4.46. The van der Waals surface area contributed by atoms with Gasteiger partial charge in [-0.3, -0.25) is 4.90 Å². The number of benzene rings is 1. The normalized spacial score (nSPS) is 22.5. The number of halogens is 3. The van der Waals surface area contributed by atoms with Gasteiger partial charge in [0.05, 0.1) is 17.7 Å². The summed E-state index contributed by atoms with van der Waals surface area (Å²) in [5, 5.41) is 3.06. The highest BCUT2D eigenvalue weighted by atomic mass is 19.4. The highest BCUT2D eigenvalue weighted by Gasteiger charge is 2.42. The van der Waals surface area contributed by atoms with E-state index in [4.69, 9.17) is 4.74 Å². The van der Waals surface area contributed by atoms with Crippen LogP contribution < -0.4 is 5.32 Å². The van der Waals surface area contributed by atoms with Gasteiger partial charge in [-0.25, -0.2) is 4.79 Å². The van der Waals surface area contributed by atoms with E-state index in [1.54, 1.807) is 31.1 Å². The van der Waals surface area contributed by atoms with Crippen LogP contribution in [-0.2, 0) is 22.9 Å². The van der Waals surface area contributed by atoms with Crippen molar-refractivity contribution in [3.05, 3.63) is 46.7 Å². The number of carbonyl (C=O) groups is 1. The maximum Gasteiger partial charge on any atom is 0.416 e. The van der Waals surface area contributed by atoms with Gasteiger partial charge in [0.25, 0.3) is 0 Å². The summed E-state index contributed by atoms with van der Waals surface area (Å²) in [7, 11) is 1.60. The zero-order valence-electron chi connectivity index (χ0n) is 20.2. The lowest BCUT2D eigenvalue weighted by Gasteiger charge is -2.44. The van der Waals surface area contributed by atoms with Crippen molar-refractivity contribution < 1.29 is 22.7 Å². The summed E-state index contributed by atoms with van der Waals surface area (Å²) in [6.07, 6.45) is 4.22. The fourth-order valence-corrected chi connectivity index (χ4v) is 4.94. The number of carbonyl (C=O) groups excluding carboxylic acids is 1. The van der Waals surface area contributed by atoms with Crippen molar-refractivity contribution in [3.63, 3.8) is 0 Å². The molecule has 1 aromatic carbocycles. The van der Waals surface area contributed by atoms with Crippen molar-refractivity contribution >= 4 is 6.03 Å². The molecular formula is C26H37F3N2O2. The molecule has 4 nitrogen and oxygen atoms in total. The van der Waals surface area contributed by atoms with E-state index in [0.29, 0.717) is 42.9 Å². The molecular weight excluding hydrogens is 429 g/mol. The lowest BCUT2D eigenvalue weighted by atomic mass is 9.80. The van der Waals surface area contributed by atoms with Crippen LogP contribution in [0.3, 0.4) is 0 Å². The number of urea groups is 1. The smallest absolute Gasteiger partial charge is 0.384 e. The number of hydrogen-bond donors (Lipinski definition) is 1. The first-order valence-corrected chi connectivity index (χ1v) is 12.1. The van der Waals surface area contributed by atoms with Crippen LogP contribution in [0.4, 0.5) is 18.0 Å². The van der Waals surface area contributed by atoms with Gasteiger partial charge in [0.2, 0.25) is 0 Å². The van der Waals surface area contributed by atoms with Gasteiger partial charge in [-0.2, -0.15) is 13.2 Å². The number of alkyl halides is 3. The zero-order chi connectivity index (χ0) is 24.2. The molecule has 1 saturated carbocycles. The molecule has 1 aromatic rings. The van der Waals surface area contributed by atoms with E-state index in [2.05, 4.69) is 5.32 Å². The number of ether oxygens (including phenoxy) is 1. The first-order valence-electron chi connectivity index (χ1n) is 12.1. The van der Waals surface area contributed by atoms with E-state index in [0.717, 1.165) is 31.3 Å². The van der Waals surface area contributed by atoms with Crippen molar-refractivity contribution in [1.82, 2.24) is 10.2 Å². The molecule has 0 spiro atoms. The number of nitrogens with one attached hydrogen (secondary N) is 1. The SMILES string of the molecule is COCCC1=CN(C2CCCCC2)C(=O)N[C@@]1(C)c1ccc(CCC(C)C)c(C(F)(F)F)c1. The number of rotatable bonds is 8. The van der Waals surface area contributed by atoms with Gasteiger partial charge in [0.15, 0.2) is 0 Å². The molecule has 3 rings (SSSR count). The predicted molar refractivity (Wildman–Crippen MR) is 124 cm³/mol. The first-order chi connectivity index (χ1) is 15.6. The second-order valence-corrected chi connectivity index (χ2v) is 9.95. The Kier molecular flexibility index (Phi) is 8.14. The fraction of sp³-hybridized carbons (Fsp3) is 0.654. The Hall–Kier alpha value is -2.02. The van der Waals surface area contributed by atoms with Gasteiger partial charge < -0.3 is 10.1 Å². The Morgan fingerprint density at radius 2 is 1.88 bits per heavy atom. The molecule has 2 aliphatic rings. The lowest BCUT2D eigenvalue weighted by Crippen LogP contribution is -2.56. The van der Waals surface area contributed by atoms with E-state index in [-0.39, 0.29) is 12.1 Å². The third-order valence-electron chi connectivity index (χ3n) is 7.06. The van der Waals surface area contributed by atoms with Crippen LogP contribution in [-0.4, -0.2) is 30.7 Å². The molecule has 2 amide bonds. The van der Waals surface area contributed by atoms with Crippen LogP contribution in [0.2, 0.25) is 0 Å². The Balaban J connectivity index is 2.01. The Morgan fingerprint density at radius 1 is 1.18 bits per heavy atom. The van der Waals surface area contributed by atoms with Gasteiger partial charge in [-0.05, 0) is 67.7 Å². The van der Waals surface area contributed by atoms with Gasteiger partial charge in [-0.15, -0.1) is 0 Å². The Bertz CT molecular complexity index is 860. The minimum absolute atomic E-state index is 0.130. The maximum atomic E-state index is 14.0. The average molecular weight is 467 g/mol.